The molecule has 0 spiro atoms. The molecule has 3 rings (SSSR count). The van der Waals surface area contributed by atoms with Crippen molar-refractivity contribution in [2.75, 3.05) is 35.6 Å². The second kappa shape index (κ2) is 7.11. The monoisotopic (exact) mass is 297 g/mol. The maximum Gasteiger partial charge on any atom is 0.157 e. The zero-order chi connectivity index (χ0) is 15.2. The van der Waals surface area contributed by atoms with Crippen LogP contribution in [0.15, 0.2) is 36.7 Å². The number of hydrogen-bond acceptors (Lipinski definition) is 5. The average Bonchev–Trinajstić information content (AvgIpc) is 2.58. The van der Waals surface area contributed by atoms with E-state index in [1.807, 2.05) is 6.07 Å². The first-order valence-electron chi connectivity index (χ1n) is 7.98. The van der Waals surface area contributed by atoms with Gasteiger partial charge in [0.2, 0.25) is 0 Å². The van der Waals surface area contributed by atoms with Gasteiger partial charge in [-0.3, -0.25) is 0 Å². The molecule has 1 aromatic heterocycles. The summed E-state index contributed by atoms with van der Waals surface area (Å²) in [6.07, 6.45) is 6.26. The number of benzene rings is 1. The van der Waals surface area contributed by atoms with Crippen LogP contribution in [0, 0.1) is 0 Å². The number of anilines is 3. The van der Waals surface area contributed by atoms with Crippen molar-refractivity contribution in [1.82, 2.24) is 9.97 Å². The number of nitrogen functional groups attached to an aromatic ring is 1. The number of nitrogens with zero attached hydrogens (tertiary/aromatic N) is 3. The minimum absolute atomic E-state index is 0.664. The molecule has 1 saturated heterocycles. The lowest BCUT2D eigenvalue weighted by Gasteiger charge is -2.28. The standard InChI is InChI=1S/C17H23N5/c18-15-16(19-10-9-14-7-3-1-4-8-14)20-13-21-17(15)22-11-5-2-6-12-22/h1,3-4,7-8,13H,2,5-6,9-12,18H2,(H,19,20,21). The maximum atomic E-state index is 6.26. The van der Waals surface area contributed by atoms with Crippen LogP contribution >= 0.6 is 0 Å². The van der Waals surface area contributed by atoms with E-state index in [0.29, 0.717) is 5.69 Å². The van der Waals surface area contributed by atoms with Gasteiger partial charge < -0.3 is 16.0 Å². The summed E-state index contributed by atoms with van der Waals surface area (Å²) in [5, 5.41) is 3.34. The molecule has 5 nitrogen and oxygen atoms in total. The van der Waals surface area contributed by atoms with Gasteiger partial charge in [0, 0.05) is 19.6 Å². The lowest BCUT2D eigenvalue weighted by atomic mass is 10.1. The third-order valence-corrected chi connectivity index (χ3v) is 4.07. The van der Waals surface area contributed by atoms with Crippen LogP contribution in [0.25, 0.3) is 0 Å². The van der Waals surface area contributed by atoms with E-state index in [2.05, 4.69) is 44.5 Å². The van der Waals surface area contributed by atoms with Crippen molar-refractivity contribution < 1.29 is 0 Å². The Hall–Kier alpha value is -2.30. The van der Waals surface area contributed by atoms with Gasteiger partial charge in [-0.15, -0.1) is 0 Å². The molecular formula is C17H23N5. The fourth-order valence-corrected chi connectivity index (χ4v) is 2.85. The summed E-state index contributed by atoms with van der Waals surface area (Å²) in [4.78, 5) is 10.9. The first-order chi connectivity index (χ1) is 10.8. The Balaban J connectivity index is 1.63. The second-order valence-corrected chi connectivity index (χ2v) is 5.67. The van der Waals surface area contributed by atoms with E-state index in [1.165, 1.54) is 24.8 Å². The lowest BCUT2D eigenvalue weighted by Crippen LogP contribution is -2.31. The molecule has 0 unspecified atom stereocenters. The van der Waals surface area contributed by atoms with Gasteiger partial charge in [0.25, 0.3) is 0 Å². The minimum atomic E-state index is 0.664. The maximum absolute atomic E-state index is 6.26. The molecule has 1 aliphatic rings. The molecule has 3 N–H and O–H groups in total. The largest absolute Gasteiger partial charge is 0.393 e. The lowest BCUT2D eigenvalue weighted by molar-refractivity contribution is 0.573. The molecule has 2 heterocycles. The number of hydrogen-bond donors (Lipinski definition) is 2. The second-order valence-electron chi connectivity index (χ2n) is 5.67. The summed E-state index contributed by atoms with van der Waals surface area (Å²) in [7, 11) is 0. The van der Waals surface area contributed by atoms with E-state index in [1.54, 1.807) is 6.33 Å². The Kier molecular flexibility index (Phi) is 4.73. The number of aromatic nitrogens is 2. The van der Waals surface area contributed by atoms with Gasteiger partial charge in [0.1, 0.15) is 12.0 Å². The summed E-state index contributed by atoms with van der Waals surface area (Å²) in [5.74, 6) is 1.61. The molecule has 0 aliphatic carbocycles. The molecule has 1 fully saturated rings. The molecule has 5 heteroatoms. The van der Waals surface area contributed by atoms with Crippen molar-refractivity contribution >= 4 is 17.3 Å². The van der Waals surface area contributed by atoms with Crippen LogP contribution in [0.1, 0.15) is 24.8 Å². The summed E-state index contributed by atoms with van der Waals surface area (Å²) < 4.78 is 0. The molecule has 2 aromatic rings. The molecule has 22 heavy (non-hydrogen) atoms. The minimum Gasteiger partial charge on any atom is -0.393 e. The third kappa shape index (κ3) is 3.47. The van der Waals surface area contributed by atoms with Gasteiger partial charge in [-0.2, -0.15) is 0 Å². The van der Waals surface area contributed by atoms with Gasteiger partial charge in [0.15, 0.2) is 11.6 Å². The highest BCUT2D eigenvalue weighted by Gasteiger charge is 2.17. The first kappa shape index (κ1) is 14.6. The summed E-state index contributed by atoms with van der Waals surface area (Å²) in [6.45, 7) is 2.88. The number of nitrogens with one attached hydrogen (secondary N) is 1. The highest BCUT2D eigenvalue weighted by molar-refractivity contribution is 5.74. The zero-order valence-corrected chi connectivity index (χ0v) is 12.8. The van der Waals surface area contributed by atoms with Crippen LogP contribution in [0.2, 0.25) is 0 Å². The predicted molar refractivity (Wildman–Crippen MR) is 91.1 cm³/mol. The van der Waals surface area contributed by atoms with Gasteiger partial charge in [-0.25, -0.2) is 9.97 Å². The van der Waals surface area contributed by atoms with Crippen molar-refractivity contribution in [2.24, 2.45) is 0 Å². The molecule has 1 aromatic carbocycles. The van der Waals surface area contributed by atoms with E-state index in [9.17, 15) is 0 Å². The summed E-state index contributed by atoms with van der Waals surface area (Å²) in [5.41, 5.74) is 8.23. The van der Waals surface area contributed by atoms with E-state index in [-0.39, 0.29) is 0 Å². The Bertz CT molecular complexity index is 593. The van der Waals surface area contributed by atoms with Gasteiger partial charge in [-0.1, -0.05) is 30.3 Å². The molecule has 0 bridgehead atoms. The summed E-state index contributed by atoms with van der Waals surface area (Å²) >= 11 is 0. The van der Waals surface area contributed by atoms with Crippen molar-refractivity contribution in [3.8, 4) is 0 Å². The molecule has 0 radical (unpaired) electrons. The third-order valence-electron chi connectivity index (χ3n) is 4.07. The Morgan fingerprint density at radius 3 is 2.59 bits per heavy atom. The van der Waals surface area contributed by atoms with E-state index < -0.39 is 0 Å². The normalized spacial score (nSPS) is 14.8. The van der Waals surface area contributed by atoms with E-state index in [0.717, 1.165) is 37.7 Å². The molecular weight excluding hydrogens is 274 g/mol. The Labute approximate surface area is 131 Å². The van der Waals surface area contributed by atoms with Crippen LogP contribution in [-0.2, 0) is 6.42 Å². The molecule has 0 saturated carbocycles. The van der Waals surface area contributed by atoms with Gasteiger partial charge >= 0.3 is 0 Å². The Morgan fingerprint density at radius 1 is 1.05 bits per heavy atom. The van der Waals surface area contributed by atoms with Crippen LogP contribution in [0.4, 0.5) is 17.3 Å². The average molecular weight is 297 g/mol. The fourth-order valence-electron chi connectivity index (χ4n) is 2.85. The highest BCUT2D eigenvalue weighted by Crippen LogP contribution is 2.28. The van der Waals surface area contributed by atoms with Crippen molar-refractivity contribution in [3.05, 3.63) is 42.2 Å². The van der Waals surface area contributed by atoms with Gasteiger partial charge in [-0.05, 0) is 31.2 Å². The van der Waals surface area contributed by atoms with Crippen LogP contribution < -0.4 is 16.0 Å². The number of rotatable bonds is 5. The van der Waals surface area contributed by atoms with Crippen LogP contribution in [-0.4, -0.2) is 29.6 Å². The summed E-state index contributed by atoms with van der Waals surface area (Å²) in [6, 6.07) is 10.4. The van der Waals surface area contributed by atoms with Crippen molar-refractivity contribution in [2.45, 2.75) is 25.7 Å². The highest BCUT2D eigenvalue weighted by atomic mass is 15.2. The predicted octanol–water partition coefficient (Wildman–Crippen LogP) is 2.70. The Morgan fingerprint density at radius 2 is 1.82 bits per heavy atom. The van der Waals surface area contributed by atoms with Crippen LogP contribution in [0.5, 0.6) is 0 Å². The number of nitrogens with two attached hydrogens (primary N) is 1. The van der Waals surface area contributed by atoms with Crippen molar-refractivity contribution in [1.29, 1.82) is 0 Å². The van der Waals surface area contributed by atoms with E-state index >= 15 is 0 Å². The van der Waals surface area contributed by atoms with Crippen molar-refractivity contribution in [3.63, 3.8) is 0 Å². The van der Waals surface area contributed by atoms with E-state index in [4.69, 9.17) is 5.73 Å². The zero-order valence-electron chi connectivity index (χ0n) is 12.8. The number of piperidine rings is 1. The SMILES string of the molecule is Nc1c(NCCc2ccccc2)ncnc1N1CCCCC1. The molecule has 0 amide bonds. The first-order valence-corrected chi connectivity index (χ1v) is 7.98. The van der Waals surface area contributed by atoms with Gasteiger partial charge in [0.05, 0.1) is 0 Å². The fraction of sp³-hybridized carbons (Fsp3) is 0.412. The molecule has 0 atom stereocenters. The molecule has 1 aliphatic heterocycles. The molecule has 116 valence electrons. The smallest absolute Gasteiger partial charge is 0.157 e. The quantitative estimate of drug-likeness (QED) is 0.888. The topological polar surface area (TPSA) is 67.1 Å². The van der Waals surface area contributed by atoms with Crippen LogP contribution in [0.3, 0.4) is 0 Å².